The van der Waals surface area contributed by atoms with E-state index in [9.17, 15) is 0 Å². The van der Waals surface area contributed by atoms with Crippen molar-refractivity contribution < 1.29 is 4.42 Å². The summed E-state index contributed by atoms with van der Waals surface area (Å²) in [6.45, 7) is 5.29. The van der Waals surface area contributed by atoms with Crippen LogP contribution in [0.5, 0.6) is 0 Å². The lowest BCUT2D eigenvalue weighted by Gasteiger charge is -2.05. The van der Waals surface area contributed by atoms with Gasteiger partial charge in [0.1, 0.15) is 11.3 Å². The van der Waals surface area contributed by atoms with Gasteiger partial charge in [-0.3, -0.25) is 0 Å². The summed E-state index contributed by atoms with van der Waals surface area (Å²) < 4.78 is 7.19. The molecular weight excluding hydrogens is 325 g/mol. The van der Waals surface area contributed by atoms with E-state index >= 15 is 0 Å². The molecule has 0 saturated carbocycles. The molecule has 3 heteroatoms. The Balaban J connectivity index is 2.55. The third kappa shape index (κ3) is 2.83. The van der Waals surface area contributed by atoms with Gasteiger partial charge in [-0.25, -0.2) is 0 Å². The van der Waals surface area contributed by atoms with E-state index in [-0.39, 0.29) is 0 Å². The van der Waals surface area contributed by atoms with Crippen molar-refractivity contribution in [2.24, 2.45) is 5.92 Å². The molecule has 0 spiro atoms. The summed E-state index contributed by atoms with van der Waals surface area (Å²) in [6.07, 6.45) is 1.07. The molecule has 0 saturated heterocycles. The van der Waals surface area contributed by atoms with Crippen LogP contribution in [0.3, 0.4) is 0 Å². The molecule has 0 amide bonds. The molecule has 0 unspecified atom stereocenters. The van der Waals surface area contributed by atoms with E-state index in [0.717, 1.165) is 24.3 Å². The maximum Gasteiger partial charge on any atom is 0.134 e. The van der Waals surface area contributed by atoms with Crippen molar-refractivity contribution in [3.8, 4) is 0 Å². The van der Waals surface area contributed by atoms with Gasteiger partial charge in [-0.1, -0.05) is 13.8 Å². The van der Waals surface area contributed by atoms with Gasteiger partial charge >= 0.3 is 0 Å². The van der Waals surface area contributed by atoms with Crippen molar-refractivity contribution in [1.82, 2.24) is 5.32 Å². The van der Waals surface area contributed by atoms with Crippen LogP contribution in [0.4, 0.5) is 0 Å². The molecule has 0 aliphatic heterocycles. The molecule has 0 fully saturated rings. The van der Waals surface area contributed by atoms with Gasteiger partial charge in [0.15, 0.2) is 0 Å². The molecule has 0 aliphatic carbocycles. The Hall–Kier alpha value is -0.550. The third-order valence-corrected chi connectivity index (χ3v) is 3.46. The summed E-state index contributed by atoms with van der Waals surface area (Å²) in [5, 5.41) is 4.45. The van der Waals surface area contributed by atoms with Crippen LogP contribution in [-0.2, 0) is 13.0 Å². The molecule has 1 aromatic carbocycles. The predicted octanol–water partition coefficient (Wildman–Crippen LogP) is 3.96. The van der Waals surface area contributed by atoms with Crippen molar-refractivity contribution in [2.45, 2.75) is 26.8 Å². The van der Waals surface area contributed by atoms with Gasteiger partial charge in [0.2, 0.25) is 0 Å². The van der Waals surface area contributed by atoms with Crippen LogP contribution in [0.1, 0.15) is 25.2 Å². The van der Waals surface area contributed by atoms with Gasteiger partial charge < -0.3 is 9.73 Å². The van der Waals surface area contributed by atoms with Gasteiger partial charge in [-0.05, 0) is 60.2 Å². The number of hydrogen-bond acceptors (Lipinski definition) is 2. The fourth-order valence-electron chi connectivity index (χ4n) is 2.11. The number of halogens is 1. The largest absolute Gasteiger partial charge is 0.459 e. The maximum atomic E-state index is 5.93. The zero-order valence-corrected chi connectivity index (χ0v) is 12.7. The molecule has 1 heterocycles. The fourth-order valence-corrected chi connectivity index (χ4v) is 2.60. The Morgan fingerprint density at radius 3 is 2.76 bits per heavy atom. The lowest BCUT2D eigenvalue weighted by atomic mass is 10.00. The van der Waals surface area contributed by atoms with Crippen molar-refractivity contribution >= 4 is 33.6 Å². The van der Waals surface area contributed by atoms with E-state index in [4.69, 9.17) is 4.42 Å². The molecule has 0 atom stereocenters. The van der Waals surface area contributed by atoms with Gasteiger partial charge in [0.25, 0.3) is 0 Å². The number of rotatable bonds is 4. The monoisotopic (exact) mass is 343 g/mol. The Morgan fingerprint density at radius 2 is 2.12 bits per heavy atom. The Morgan fingerprint density at radius 1 is 1.35 bits per heavy atom. The third-order valence-electron chi connectivity index (χ3n) is 2.79. The smallest absolute Gasteiger partial charge is 0.134 e. The summed E-state index contributed by atoms with van der Waals surface area (Å²) in [5.74, 6) is 1.72. The average molecular weight is 343 g/mol. The lowest BCUT2D eigenvalue weighted by Crippen LogP contribution is -2.07. The molecular formula is C14H18INO. The van der Waals surface area contributed by atoms with E-state index in [1.54, 1.807) is 0 Å². The van der Waals surface area contributed by atoms with Crippen LogP contribution >= 0.6 is 22.6 Å². The Bertz CT molecular complexity index is 516. The molecule has 2 aromatic rings. The van der Waals surface area contributed by atoms with Crippen LogP contribution in [0, 0.1) is 9.49 Å². The van der Waals surface area contributed by atoms with E-state index in [0.29, 0.717) is 5.92 Å². The van der Waals surface area contributed by atoms with E-state index in [1.807, 2.05) is 7.05 Å². The number of nitrogens with one attached hydrogen (secondary N) is 1. The molecule has 0 bridgehead atoms. The SMILES string of the molecule is CNCc1oc2ccc(I)cc2c1CC(C)C. The average Bonchev–Trinajstić information content (AvgIpc) is 2.57. The van der Waals surface area contributed by atoms with E-state index in [1.165, 1.54) is 14.5 Å². The molecule has 0 aliphatic rings. The molecule has 1 N–H and O–H groups in total. The van der Waals surface area contributed by atoms with Crippen molar-refractivity contribution in [3.05, 3.63) is 33.1 Å². The first kappa shape index (κ1) is 12.9. The summed E-state index contributed by atoms with van der Waals surface area (Å²) >= 11 is 2.35. The minimum absolute atomic E-state index is 0.643. The zero-order chi connectivity index (χ0) is 12.4. The topological polar surface area (TPSA) is 25.2 Å². The highest BCUT2D eigenvalue weighted by Gasteiger charge is 2.14. The summed E-state index contributed by atoms with van der Waals surface area (Å²) in [7, 11) is 1.95. The molecule has 92 valence electrons. The lowest BCUT2D eigenvalue weighted by molar-refractivity contribution is 0.516. The van der Waals surface area contributed by atoms with Gasteiger partial charge in [-0.2, -0.15) is 0 Å². The quantitative estimate of drug-likeness (QED) is 0.851. The van der Waals surface area contributed by atoms with Crippen molar-refractivity contribution in [2.75, 3.05) is 7.05 Å². The van der Waals surface area contributed by atoms with E-state index in [2.05, 4.69) is 60.0 Å². The first-order chi connectivity index (χ1) is 8.11. The second-order valence-electron chi connectivity index (χ2n) is 4.77. The molecule has 1 aromatic heterocycles. The maximum absolute atomic E-state index is 5.93. The summed E-state index contributed by atoms with van der Waals surface area (Å²) in [5.41, 5.74) is 2.37. The van der Waals surface area contributed by atoms with Crippen LogP contribution < -0.4 is 5.32 Å². The number of hydrogen-bond donors (Lipinski definition) is 1. The minimum atomic E-state index is 0.643. The Labute approximate surface area is 116 Å². The summed E-state index contributed by atoms with van der Waals surface area (Å²) in [4.78, 5) is 0. The van der Waals surface area contributed by atoms with Crippen molar-refractivity contribution in [3.63, 3.8) is 0 Å². The van der Waals surface area contributed by atoms with Crippen molar-refractivity contribution in [1.29, 1.82) is 0 Å². The first-order valence-corrected chi connectivity index (χ1v) is 7.04. The molecule has 0 radical (unpaired) electrons. The number of furan rings is 1. The standard InChI is InChI=1S/C14H18INO/c1-9(2)6-11-12-7-10(15)4-5-13(12)17-14(11)8-16-3/h4-5,7,9,16H,6,8H2,1-3H3. The predicted molar refractivity (Wildman–Crippen MR) is 80.2 cm³/mol. The fraction of sp³-hybridized carbons (Fsp3) is 0.429. The second kappa shape index (κ2) is 5.40. The zero-order valence-electron chi connectivity index (χ0n) is 10.5. The Kier molecular flexibility index (Phi) is 4.09. The van der Waals surface area contributed by atoms with E-state index < -0.39 is 0 Å². The highest BCUT2D eigenvalue weighted by atomic mass is 127. The van der Waals surface area contributed by atoms with Crippen LogP contribution in [0.15, 0.2) is 22.6 Å². The summed E-state index contributed by atoms with van der Waals surface area (Å²) in [6, 6.07) is 6.38. The second-order valence-corrected chi connectivity index (χ2v) is 6.02. The normalized spacial score (nSPS) is 11.6. The van der Waals surface area contributed by atoms with Gasteiger partial charge in [0.05, 0.1) is 6.54 Å². The van der Waals surface area contributed by atoms with Crippen LogP contribution in [0.25, 0.3) is 11.0 Å². The first-order valence-electron chi connectivity index (χ1n) is 5.96. The van der Waals surface area contributed by atoms with Crippen LogP contribution in [-0.4, -0.2) is 7.05 Å². The number of benzene rings is 1. The molecule has 2 rings (SSSR count). The van der Waals surface area contributed by atoms with Gasteiger partial charge in [-0.15, -0.1) is 0 Å². The van der Waals surface area contributed by atoms with Gasteiger partial charge in [0, 0.05) is 14.5 Å². The highest BCUT2D eigenvalue weighted by Crippen LogP contribution is 2.29. The molecule has 2 nitrogen and oxygen atoms in total. The number of fused-ring (bicyclic) bond motifs is 1. The highest BCUT2D eigenvalue weighted by molar-refractivity contribution is 14.1. The molecule has 17 heavy (non-hydrogen) atoms. The van der Waals surface area contributed by atoms with Crippen LogP contribution in [0.2, 0.25) is 0 Å². The minimum Gasteiger partial charge on any atom is -0.459 e.